The van der Waals surface area contributed by atoms with Gasteiger partial charge in [0, 0.05) is 0 Å². The Kier molecular flexibility index (Phi) is 3.23. The van der Waals surface area contributed by atoms with Gasteiger partial charge in [0.2, 0.25) is 0 Å². The van der Waals surface area contributed by atoms with E-state index in [1.165, 1.54) is 11.0 Å². The van der Waals surface area contributed by atoms with Crippen molar-refractivity contribution in [1.82, 2.24) is 0 Å². The molecule has 0 fully saturated rings. The Hall–Kier alpha value is -1.58. The van der Waals surface area contributed by atoms with Gasteiger partial charge in [0.1, 0.15) is 0 Å². The lowest BCUT2D eigenvalue weighted by molar-refractivity contribution is 0.0789. The maximum atomic E-state index is 10.5. The third-order valence-corrected chi connectivity index (χ3v) is 4.21. The summed E-state index contributed by atoms with van der Waals surface area (Å²) in [5.74, 6) is 0. The van der Waals surface area contributed by atoms with E-state index in [0.29, 0.717) is 0 Å². The van der Waals surface area contributed by atoms with E-state index in [-0.39, 0.29) is 12.5 Å². The highest BCUT2D eigenvalue weighted by Crippen LogP contribution is 2.31. The van der Waals surface area contributed by atoms with Crippen molar-refractivity contribution in [2.45, 2.75) is 38.9 Å². The van der Waals surface area contributed by atoms with Crippen LogP contribution in [0, 0.1) is 0 Å². The minimum absolute atomic E-state index is 0.126. The van der Waals surface area contributed by atoms with Crippen LogP contribution in [0.5, 0.6) is 0 Å². The fourth-order valence-corrected chi connectivity index (χ4v) is 3.21. The highest BCUT2D eigenvalue weighted by Gasteiger charge is 2.42. The van der Waals surface area contributed by atoms with Crippen LogP contribution in [0.2, 0.25) is 0 Å². The maximum absolute atomic E-state index is 10.5. The summed E-state index contributed by atoms with van der Waals surface area (Å²) in [4.78, 5) is 0. The van der Waals surface area contributed by atoms with Crippen molar-refractivity contribution in [3.05, 3.63) is 59.7 Å². The lowest BCUT2D eigenvalue weighted by Gasteiger charge is -2.25. The van der Waals surface area contributed by atoms with Gasteiger partial charge in [-0.05, 0) is 49.7 Å². The summed E-state index contributed by atoms with van der Waals surface area (Å²) in [6, 6.07) is 16.3. The van der Waals surface area contributed by atoms with Gasteiger partial charge in [-0.15, -0.1) is 0 Å². The first-order valence-corrected chi connectivity index (χ1v) is 7.40. The Labute approximate surface area is 126 Å². The molecule has 0 aliphatic carbocycles. The first kappa shape index (κ1) is 14.4. The zero-order valence-corrected chi connectivity index (χ0v) is 13.1. The summed E-state index contributed by atoms with van der Waals surface area (Å²) >= 11 is 0. The van der Waals surface area contributed by atoms with Crippen LogP contribution >= 0.6 is 0 Å². The molecule has 3 heteroatoms. The third-order valence-electron chi connectivity index (χ3n) is 4.21. The number of hydrogen-bond acceptors (Lipinski definition) is 2. The standard InChI is InChI=1S/C18H21BO2/c1-17(2,20)13-9-5-7-11-15(13)19-16-12-8-6-10-14(16)18(3,4)21-19/h5-12,20H,1-4H3. The Balaban J connectivity index is 2.16. The van der Waals surface area contributed by atoms with Crippen molar-refractivity contribution in [1.29, 1.82) is 0 Å². The van der Waals surface area contributed by atoms with Crippen LogP contribution in [0.1, 0.15) is 38.8 Å². The Morgan fingerprint density at radius 1 is 0.952 bits per heavy atom. The second-order valence-corrected chi connectivity index (χ2v) is 6.74. The topological polar surface area (TPSA) is 29.5 Å². The molecule has 0 bridgehead atoms. The fraction of sp³-hybridized carbons (Fsp3) is 0.333. The van der Waals surface area contributed by atoms with E-state index in [9.17, 15) is 5.11 Å². The molecule has 0 aromatic heterocycles. The van der Waals surface area contributed by atoms with Crippen molar-refractivity contribution in [3.8, 4) is 0 Å². The van der Waals surface area contributed by atoms with Crippen LogP contribution in [0.15, 0.2) is 48.5 Å². The highest BCUT2D eigenvalue weighted by atomic mass is 16.5. The molecule has 2 nitrogen and oxygen atoms in total. The smallest absolute Gasteiger partial charge is 0.363 e. The molecule has 3 rings (SSSR count). The van der Waals surface area contributed by atoms with Gasteiger partial charge in [-0.2, -0.15) is 0 Å². The van der Waals surface area contributed by atoms with Crippen molar-refractivity contribution in [2.75, 3.05) is 0 Å². The van der Waals surface area contributed by atoms with Crippen molar-refractivity contribution in [2.24, 2.45) is 0 Å². The average molecular weight is 280 g/mol. The molecule has 0 amide bonds. The van der Waals surface area contributed by atoms with E-state index in [0.717, 1.165) is 11.0 Å². The first-order valence-electron chi connectivity index (χ1n) is 7.40. The van der Waals surface area contributed by atoms with E-state index in [4.69, 9.17) is 4.65 Å². The van der Waals surface area contributed by atoms with Crippen LogP contribution in [-0.4, -0.2) is 12.0 Å². The molecule has 2 aromatic rings. The molecular weight excluding hydrogens is 259 g/mol. The van der Waals surface area contributed by atoms with Crippen LogP contribution < -0.4 is 10.9 Å². The summed E-state index contributed by atoms with van der Waals surface area (Å²) in [7, 11) is 0. The second-order valence-electron chi connectivity index (χ2n) is 6.74. The molecule has 1 aliphatic rings. The van der Waals surface area contributed by atoms with E-state index in [2.05, 4.69) is 32.0 Å². The minimum atomic E-state index is -0.887. The lowest BCUT2D eigenvalue weighted by Crippen LogP contribution is -2.46. The summed E-state index contributed by atoms with van der Waals surface area (Å²) in [6.07, 6.45) is 0. The van der Waals surface area contributed by atoms with Crippen molar-refractivity contribution < 1.29 is 9.76 Å². The molecule has 1 N–H and O–H groups in total. The Bertz CT molecular complexity index is 671. The van der Waals surface area contributed by atoms with Gasteiger partial charge < -0.3 is 9.76 Å². The molecule has 0 unspecified atom stereocenters. The van der Waals surface area contributed by atoms with Gasteiger partial charge in [0.05, 0.1) is 11.2 Å². The molecule has 21 heavy (non-hydrogen) atoms. The largest absolute Gasteiger partial charge is 0.418 e. The van der Waals surface area contributed by atoms with Gasteiger partial charge in [0.25, 0.3) is 0 Å². The molecule has 108 valence electrons. The molecule has 1 aliphatic heterocycles. The van der Waals surface area contributed by atoms with Crippen molar-refractivity contribution in [3.63, 3.8) is 0 Å². The molecule has 0 saturated heterocycles. The molecular formula is C18H21BO2. The molecule has 0 saturated carbocycles. The fourth-order valence-electron chi connectivity index (χ4n) is 3.21. The summed E-state index contributed by atoms with van der Waals surface area (Å²) in [5, 5.41) is 10.5. The number of rotatable bonds is 2. The van der Waals surface area contributed by atoms with Gasteiger partial charge in [-0.3, -0.25) is 0 Å². The number of fused-ring (bicyclic) bond motifs is 1. The van der Waals surface area contributed by atoms with Gasteiger partial charge >= 0.3 is 6.92 Å². The van der Waals surface area contributed by atoms with E-state index in [1.807, 2.05) is 44.2 Å². The number of hydrogen-bond donors (Lipinski definition) is 1. The highest BCUT2D eigenvalue weighted by molar-refractivity contribution is 6.81. The van der Waals surface area contributed by atoms with Gasteiger partial charge in [0.15, 0.2) is 0 Å². The van der Waals surface area contributed by atoms with Crippen LogP contribution in [-0.2, 0) is 15.9 Å². The summed E-state index contributed by atoms with van der Waals surface area (Å²) in [5.41, 5.74) is 3.18. The summed E-state index contributed by atoms with van der Waals surface area (Å²) < 4.78 is 6.33. The lowest BCUT2D eigenvalue weighted by atomic mass is 9.53. The van der Waals surface area contributed by atoms with Crippen LogP contribution in [0.25, 0.3) is 0 Å². The second kappa shape index (κ2) is 4.72. The minimum Gasteiger partial charge on any atom is -0.418 e. The summed E-state index contributed by atoms with van der Waals surface area (Å²) in [6.45, 7) is 7.70. The first-order chi connectivity index (χ1) is 9.81. The normalized spacial score (nSPS) is 16.9. The molecule has 1 heterocycles. The zero-order chi connectivity index (χ0) is 15.3. The zero-order valence-electron chi connectivity index (χ0n) is 13.1. The SMILES string of the molecule is CC(C)(O)c1ccccc1B1OC(C)(C)c2ccccc21. The molecule has 2 aromatic carbocycles. The predicted molar refractivity (Wildman–Crippen MR) is 87.3 cm³/mol. The number of benzene rings is 2. The average Bonchev–Trinajstić information content (AvgIpc) is 2.71. The van der Waals surface area contributed by atoms with Gasteiger partial charge in [-0.25, -0.2) is 0 Å². The molecule has 0 spiro atoms. The van der Waals surface area contributed by atoms with E-state index in [1.54, 1.807) is 0 Å². The monoisotopic (exact) mass is 280 g/mol. The van der Waals surface area contributed by atoms with Crippen LogP contribution in [0.3, 0.4) is 0 Å². The predicted octanol–water partition coefficient (Wildman–Crippen LogP) is 2.29. The molecule has 0 atom stereocenters. The van der Waals surface area contributed by atoms with E-state index >= 15 is 0 Å². The van der Waals surface area contributed by atoms with Gasteiger partial charge in [-0.1, -0.05) is 48.5 Å². The Morgan fingerprint density at radius 3 is 2.19 bits per heavy atom. The van der Waals surface area contributed by atoms with E-state index < -0.39 is 5.60 Å². The quantitative estimate of drug-likeness (QED) is 0.855. The van der Waals surface area contributed by atoms with Crippen LogP contribution in [0.4, 0.5) is 0 Å². The Morgan fingerprint density at radius 2 is 1.52 bits per heavy atom. The van der Waals surface area contributed by atoms with Crippen molar-refractivity contribution >= 4 is 17.8 Å². The molecule has 0 radical (unpaired) electrons. The third kappa shape index (κ3) is 2.41. The number of aliphatic hydroxyl groups is 1. The maximum Gasteiger partial charge on any atom is 0.363 e.